The highest BCUT2D eigenvalue weighted by atomic mass is 79.9. The van der Waals surface area contributed by atoms with Crippen LogP contribution in [0.5, 0.6) is 17.2 Å². The zero-order valence-electron chi connectivity index (χ0n) is 22.4. The van der Waals surface area contributed by atoms with E-state index in [0.29, 0.717) is 15.6 Å². The van der Waals surface area contributed by atoms with Crippen molar-refractivity contribution in [1.82, 2.24) is 0 Å². The van der Waals surface area contributed by atoms with Crippen LogP contribution in [0, 0.1) is 17.8 Å². The molecule has 4 atom stereocenters. The van der Waals surface area contributed by atoms with Crippen LogP contribution < -0.4 is 9.64 Å². The number of methoxy groups -OCH3 is 1. The molecule has 6 rings (SSSR count). The van der Waals surface area contributed by atoms with Gasteiger partial charge < -0.3 is 20.1 Å². The number of carbonyl (C=O) groups excluding carboxylic acids is 4. The first kappa shape index (κ1) is 27.6. The van der Waals surface area contributed by atoms with E-state index >= 15 is 0 Å². The van der Waals surface area contributed by atoms with Crippen molar-refractivity contribution >= 4 is 51.0 Å². The lowest BCUT2D eigenvalue weighted by atomic mass is 9.59. The minimum Gasteiger partial charge on any atom is -0.507 e. The van der Waals surface area contributed by atoms with Crippen LogP contribution in [-0.2, 0) is 19.2 Å². The van der Waals surface area contributed by atoms with Gasteiger partial charge in [0.1, 0.15) is 11.3 Å². The fourth-order valence-electron chi connectivity index (χ4n) is 6.78. The summed E-state index contributed by atoms with van der Waals surface area (Å²) in [6, 6.07) is 6.70. The minimum absolute atomic E-state index is 0.0348. The molecule has 4 aliphatic rings. The number of ketones is 2. The van der Waals surface area contributed by atoms with Gasteiger partial charge in [-0.15, -0.1) is 0 Å². The number of carboxylic acid groups (broad SMARTS) is 1. The molecule has 3 N–H and O–H groups in total. The molecule has 11 heteroatoms. The minimum atomic E-state index is -1.36. The van der Waals surface area contributed by atoms with Crippen molar-refractivity contribution in [2.45, 2.75) is 25.7 Å². The summed E-state index contributed by atoms with van der Waals surface area (Å²) >= 11 is 3.43. The largest absolute Gasteiger partial charge is 0.507 e. The van der Waals surface area contributed by atoms with E-state index in [-0.39, 0.29) is 63.9 Å². The highest BCUT2D eigenvalue weighted by Gasteiger charge is 2.57. The Labute approximate surface area is 247 Å². The van der Waals surface area contributed by atoms with Crippen molar-refractivity contribution < 1.29 is 44.0 Å². The number of allylic oxidation sites excluding steroid dienone is 6. The third kappa shape index (κ3) is 3.94. The van der Waals surface area contributed by atoms with Crippen molar-refractivity contribution in [3.05, 3.63) is 80.4 Å². The van der Waals surface area contributed by atoms with Gasteiger partial charge in [-0.1, -0.05) is 27.6 Å². The number of rotatable bonds is 4. The molecule has 214 valence electrons. The zero-order valence-corrected chi connectivity index (χ0v) is 24.0. The number of fused-ring (bicyclic) bond motifs is 3. The quantitative estimate of drug-likeness (QED) is 0.255. The Hall–Kier alpha value is -4.51. The molecule has 3 aliphatic carbocycles. The third-order valence-electron chi connectivity index (χ3n) is 8.63. The summed E-state index contributed by atoms with van der Waals surface area (Å²) in [6.07, 6.45) is 3.31. The van der Waals surface area contributed by atoms with Crippen molar-refractivity contribution in [1.29, 1.82) is 0 Å². The van der Waals surface area contributed by atoms with Crippen LogP contribution in [0.4, 0.5) is 5.69 Å². The summed E-state index contributed by atoms with van der Waals surface area (Å²) in [4.78, 5) is 66.8. The first-order chi connectivity index (χ1) is 19.9. The standard InChI is InChI=1S/C31H24BrNO9/c1-12-7-21(34)19-11-18-15(24(26(19)27(12)36)20-8-13(32)9-23(42-2)28(20)37)5-6-17-25(18)30(39)33(29(17)38)14-3-4-16(31(40)41)22(35)10-14/h3-5,7-10,17-18,24-25,35,37H,6,11H2,1-2H3,(H,40,41)/t17-,18+,24+,25-/m0/s1. The number of phenols is 2. The fraction of sp³-hybridized carbons (Fsp3) is 0.258. The number of carboxylic acids is 1. The van der Waals surface area contributed by atoms with Crippen LogP contribution in [0.2, 0.25) is 0 Å². The molecule has 1 saturated heterocycles. The van der Waals surface area contributed by atoms with Gasteiger partial charge in [0.25, 0.3) is 0 Å². The lowest BCUT2D eigenvalue weighted by Crippen LogP contribution is -2.39. The van der Waals surface area contributed by atoms with Gasteiger partial charge in [-0.05, 0) is 56.0 Å². The number of halogens is 1. The molecule has 2 amide bonds. The van der Waals surface area contributed by atoms with E-state index in [2.05, 4.69) is 15.9 Å². The molecule has 42 heavy (non-hydrogen) atoms. The average molecular weight is 634 g/mol. The fourth-order valence-corrected chi connectivity index (χ4v) is 7.24. The molecule has 0 aromatic heterocycles. The number of hydrogen-bond donors (Lipinski definition) is 3. The number of aromatic carboxylic acids is 1. The maximum absolute atomic E-state index is 14.0. The van der Waals surface area contributed by atoms with Crippen molar-refractivity contribution in [3.8, 4) is 17.2 Å². The zero-order chi connectivity index (χ0) is 30.2. The molecule has 2 aromatic carbocycles. The Kier molecular flexibility index (Phi) is 6.45. The number of carbonyl (C=O) groups is 5. The molecule has 0 bridgehead atoms. The van der Waals surface area contributed by atoms with E-state index in [0.717, 1.165) is 17.0 Å². The summed E-state index contributed by atoms with van der Waals surface area (Å²) in [5.41, 5.74) is 1.36. The second-order valence-electron chi connectivity index (χ2n) is 10.8. The summed E-state index contributed by atoms with van der Waals surface area (Å²) in [6.45, 7) is 1.56. The number of benzene rings is 2. The lowest BCUT2D eigenvalue weighted by molar-refractivity contribution is -0.123. The Morgan fingerprint density at radius 3 is 2.45 bits per heavy atom. The number of phenolic OH excluding ortho intramolecular Hbond substituents is 1. The van der Waals surface area contributed by atoms with Crippen LogP contribution in [-0.4, -0.2) is 51.8 Å². The van der Waals surface area contributed by atoms with Crippen molar-refractivity contribution in [2.75, 3.05) is 12.0 Å². The Morgan fingerprint density at radius 2 is 1.79 bits per heavy atom. The SMILES string of the molecule is COc1cc(Br)cc([C@H]2C3=CC[C@@H]4C(=O)N(c5ccc(C(=O)O)c(O)c5)C(=O)[C@@H]4[C@@H]3CC3=C2C(=O)C(C)=CC3=O)c1O. The molecular formula is C31H24BrNO9. The van der Waals surface area contributed by atoms with Crippen LogP contribution >= 0.6 is 15.9 Å². The monoisotopic (exact) mass is 633 g/mol. The molecule has 1 aliphatic heterocycles. The summed E-state index contributed by atoms with van der Waals surface area (Å²) in [7, 11) is 1.39. The number of amides is 2. The first-order valence-corrected chi connectivity index (χ1v) is 13.9. The topological polar surface area (TPSA) is 159 Å². The molecular weight excluding hydrogens is 610 g/mol. The highest BCUT2D eigenvalue weighted by Crippen LogP contribution is 2.57. The molecule has 1 fully saturated rings. The van der Waals surface area contributed by atoms with Gasteiger partial charge in [0.15, 0.2) is 23.1 Å². The number of hydrogen-bond acceptors (Lipinski definition) is 8. The molecule has 10 nitrogen and oxygen atoms in total. The molecule has 2 aromatic rings. The summed E-state index contributed by atoms with van der Waals surface area (Å²) < 4.78 is 5.92. The predicted octanol–water partition coefficient (Wildman–Crippen LogP) is 4.20. The van der Waals surface area contributed by atoms with Gasteiger partial charge in [-0.25, -0.2) is 9.69 Å². The van der Waals surface area contributed by atoms with Crippen LogP contribution in [0.25, 0.3) is 0 Å². The van der Waals surface area contributed by atoms with Gasteiger partial charge in [-0.3, -0.25) is 19.2 Å². The molecule has 0 spiro atoms. The van der Waals surface area contributed by atoms with Gasteiger partial charge in [0, 0.05) is 38.7 Å². The van der Waals surface area contributed by atoms with E-state index in [9.17, 15) is 39.3 Å². The van der Waals surface area contributed by atoms with Crippen LogP contribution in [0.1, 0.15) is 41.6 Å². The molecule has 0 radical (unpaired) electrons. The Bertz CT molecular complexity index is 1750. The Morgan fingerprint density at radius 1 is 1.05 bits per heavy atom. The molecule has 0 unspecified atom stereocenters. The second kappa shape index (κ2) is 9.80. The molecule has 1 heterocycles. The van der Waals surface area contributed by atoms with Gasteiger partial charge in [0.2, 0.25) is 11.8 Å². The smallest absolute Gasteiger partial charge is 0.339 e. The number of aromatic hydroxyl groups is 2. The van der Waals surface area contributed by atoms with E-state index in [1.54, 1.807) is 19.1 Å². The van der Waals surface area contributed by atoms with Crippen molar-refractivity contribution in [2.24, 2.45) is 17.8 Å². The third-order valence-corrected chi connectivity index (χ3v) is 9.09. The summed E-state index contributed by atoms with van der Waals surface area (Å²) in [5.74, 6) is -6.94. The van der Waals surface area contributed by atoms with Gasteiger partial charge in [0.05, 0.1) is 24.6 Å². The Balaban J connectivity index is 1.49. The van der Waals surface area contributed by atoms with Crippen molar-refractivity contribution in [3.63, 3.8) is 0 Å². The number of Topliss-reactive ketones (excluding diaryl/α,β-unsaturated/α-hetero) is 1. The predicted molar refractivity (Wildman–Crippen MR) is 151 cm³/mol. The highest BCUT2D eigenvalue weighted by molar-refractivity contribution is 9.10. The number of nitrogens with zero attached hydrogens (tertiary/aromatic N) is 1. The maximum atomic E-state index is 14.0. The second-order valence-corrected chi connectivity index (χ2v) is 11.7. The molecule has 0 saturated carbocycles. The van der Waals surface area contributed by atoms with E-state index in [4.69, 9.17) is 4.74 Å². The van der Waals surface area contributed by atoms with E-state index in [1.807, 2.05) is 6.08 Å². The van der Waals surface area contributed by atoms with Gasteiger partial charge in [-0.2, -0.15) is 0 Å². The first-order valence-electron chi connectivity index (χ1n) is 13.1. The van der Waals surface area contributed by atoms with E-state index < -0.39 is 47.2 Å². The number of ether oxygens (including phenoxy) is 1. The van der Waals surface area contributed by atoms with E-state index in [1.165, 1.54) is 19.3 Å². The van der Waals surface area contributed by atoms with Crippen LogP contribution in [0.15, 0.2) is 69.2 Å². The summed E-state index contributed by atoms with van der Waals surface area (Å²) in [5, 5.41) is 30.7. The number of imide groups is 1. The average Bonchev–Trinajstić information content (AvgIpc) is 3.21. The van der Waals surface area contributed by atoms with Crippen LogP contribution in [0.3, 0.4) is 0 Å². The number of anilines is 1. The normalized spacial score (nSPS) is 25.1. The maximum Gasteiger partial charge on any atom is 0.339 e. The van der Waals surface area contributed by atoms with Gasteiger partial charge >= 0.3 is 5.97 Å². The lowest BCUT2D eigenvalue weighted by Gasteiger charge is -2.42.